The number of rotatable bonds is 1. The van der Waals surface area contributed by atoms with Crippen LogP contribution in [0.1, 0.15) is 12.0 Å². The molecule has 66 valence electrons. The SMILES string of the molecule is Nc1c(C(F)F)cnc(I)c1Br. The zero-order chi connectivity index (χ0) is 9.30. The van der Waals surface area contributed by atoms with Crippen LogP contribution in [0.3, 0.4) is 0 Å². The van der Waals surface area contributed by atoms with Crippen molar-refractivity contribution in [3.8, 4) is 0 Å². The predicted octanol–water partition coefficient (Wildman–Crippen LogP) is 2.97. The first-order valence-corrected chi connectivity index (χ1v) is 4.78. The van der Waals surface area contributed by atoms with E-state index in [4.69, 9.17) is 5.73 Å². The van der Waals surface area contributed by atoms with Crippen molar-refractivity contribution in [2.75, 3.05) is 5.73 Å². The fourth-order valence-electron chi connectivity index (χ4n) is 0.664. The highest BCUT2D eigenvalue weighted by Gasteiger charge is 2.15. The van der Waals surface area contributed by atoms with E-state index >= 15 is 0 Å². The Labute approximate surface area is 89.8 Å². The molecule has 1 heterocycles. The van der Waals surface area contributed by atoms with Crippen molar-refractivity contribution in [3.05, 3.63) is 19.9 Å². The van der Waals surface area contributed by atoms with E-state index in [9.17, 15) is 8.78 Å². The summed E-state index contributed by atoms with van der Waals surface area (Å²) in [6.07, 6.45) is -1.49. The Balaban J connectivity index is 3.27. The summed E-state index contributed by atoms with van der Waals surface area (Å²) in [6, 6.07) is 0. The number of hydrogen-bond donors (Lipinski definition) is 1. The van der Waals surface area contributed by atoms with Gasteiger partial charge in [-0.05, 0) is 38.5 Å². The van der Waals surface area contributed by atoms with Gasteiger partial charge in [0.25, 0.3) is 6.43 Å². The van der Waals surface area contributed by atoms with Crippen LogP contribution in [0.15, 0.2) is 10.7 Å². The van der Waals surface area contributed by atoms with Crippen molar-refractivity contribution in [2.24, 2.45) is 0 Å². The normalized spacial score (nSPS) is 10.8. The van der Waals surface area contributed by atoms with Crippen LogP contribution < -0.4 is 5.73 Å². The molecule has 12 heavy (non-hydrogen) atoms. The van der Waals surface area contributed by atoms with Crippen molar-refractivity contribution in [1.82, 2.24) is 4.98 Å². The molecule has 0 saturated heterocycles. The van der Waals surface area contributed by atoms with E-state index in [-0.39, 0.29) is 11.3 Å². The number of pyridine rings is 1. The van der Waals surface area contributed by atoms with Crippen LogP contribution in [-0.2, 0) is 0 Å². The quantitative estimate of drug-likeness (QED) is 0.626. The second-order valence-electron chi connectivity index (χ2n) is 2.03. The van der Waals surface area contributed by atoms with Gasteiger partial charge in [-0.25, -0.2) is 13.8 Å². The van der Waals surface area contributed by atoms with Crippen molar-refractivity contribution in [1.29, 1.82) is 0 Å². The molecule has 2 N–H and O–H groups in total. The van der Waals surface area contributed by atoms with Crippen molar-refractivity contribution in [3.63, 3.8) is 0 Å². The molecule has 0 spiro atoms. The van der Waals surface area contributed by atoms with Gasteiger partial charge in [0.15, 0.2) is 0 Å². The number of nitrogens with two attached hydrogens (primary N) is 1. The molecule has 1 aromatic heterocycles. The lowest BCUT2D eigenvalue weighted by molar-refractivity contribution is 0.151. The first-order valence-electron chi connectivity index (χ1n) is 2.91. The lowest BCUT2D eigenvalue weighted by atomic mass is 10.2. The minimum atomic E-state index is -2.58. The Kier molecular flexibility index (Phi) is 3.22. The summed E-state index contributed by atoms with van der Waals surface area (Å²) >= 11 is 4.98. The molecule has 1 aromatic rings. The highest BCUT2D eigenvalue weighted by atomic mass is 127. The van der Waals surface area contributed by atoms with Gasteiger partial charge in [0.05, 0.1) is 15.7 Å². The van der Waals surface area contributed by atoms with Gasteiger partial charge in [0.2, 0.25) is 0 Å². The van der Waals surface area contributed by atoms with Crippen LogP contribution in [0, 0.1) is 3.70 Å². The van der Waals surface area contributed by atoms with Gasteiger partial charge in [0.1, 0.15) is 3.70 Å². The molecular formula is C6H4BrF2IN2. The number of anilines is 1. The number of halogens is 4. The third-order valence-electron chi connectivity index (χ3n) is 1.28. The van der Waals surface area contributed by atoms with Crippen LogP contribution >= 0.6 is 38.5 Å². The van der Waals surface area contributed by atoms with Gasteiger partial charge >= 0.3 is 0 Å². The fraction of sp³-hybridized carbons (Fsp3) is 0.167. The third-order valence-corrected chi connectivity index (χ3v) is 3.64. The van der Waals surface area contributed by atoms with Gasteiger partial charge < -0.3 is 5.73 Å². The largest absolute Gasteiger partial charge is 0.397 e. The fourth-order valence-corrected chi connectivity index (χ4v) is 1.43. The van der Waals surface area contributed by atoms with Crippen molar-refractivity contribution in [2.45, 2.75) is 6.43 Å². The molecule has 0 aromatic carbocycles. The summed E-state index contributed by atoms with van der Waals surface area (Å²) in [5, 5.41) is 0. The molecule has 0 atom stereocenters. The van der Waals surface area contributed by atoms with E-state index < -0.39 is 6.43 Å². The Morgan fingerprint density at radius 1 is 1.58 bits per heavy atom. The third kappa shape index (κ3) is 1.85. The number of hydrogen-bond acceptors (Lipinski definition) is 2. The molecule has 0 amide bonds. The van der Waals surface area contributed by atoms with Gasteiger partial charge in [-0.3, -0.25) is 0 Å². The molecule has 0 aliphatic rings. The van der Waals surface area contributed by atoms with E-state index in [1.807, 2.05) is 22.6 Å². The minimum Gasteiger partial charge on any atom is -0.397 e. The molecule has 1 rings (SSSR count). The second-order valence-corrected chi connectivity index (χ2v) is 3.85. The molecule has 6 heteroatoms. The smallest absolute Gasteiger partial charge is 0.267 e. The van der Waals surface area contributed by atoms with Gasteiger partial charge in [-0.2, -0.15) is 0 Å². The second kappa shape index (κ2) is 3.82. The summed E-state index contributed by atoms with van der Waals surface area (Å²) in [7, 11) is 0. The molecule has 0 radical (unpaired) electrons. The Bertz CT molecular complexity index is 306. The number of nitrogen functional groups attached to an aromatic ring is 1. The Morgan fingerprint density at radius 3 is 2.67 bits per heavy atom. The summed E-state index contributed by atoms with van der Waals surface area (Å²) in [6.45, 7) is 0. The van der Waals surface area contributed by atoms with Crippen LogP contribution in [-0.4, -0.2) is 4.98 Å². The zero-order valence-corrected chi connectivity index (χ0v) is 9.43. The number of alkyl halides is 2. The molecule has 0 bridgehead atoms. The van der Waals surface area contributed by atoms with Gasteiger partial charge in [-0.15, -0.1) is 0 Å². The van der Waals surface area contributed by atoms with Crippen LogP contribution in [0.4, 0.5) is 14.5 Å². The molecule has 0 fully saturated rings. The van der Waals surface area contributed by atoms with Gasteiger partial charge in [-0.1, -0.05) is 0 Å². The first kappa shape index (κ1) is 10.1. The first-order chi connectivity index (χ1) is 5.54. The molecule has 0 unspecified atom stereocenters. The Hall–Kier alpha value is 0.0200. The average molecular weight is 349 g/mol. The molecule has 0 saturated carbocycles. The molecule has 0 aliphatic heterocycles. The highest BCUT2D eigenvalue weighted by Crippen LogP contribution is 2.32. The summed E-state index contributed by atoms with van der Waals surface area (Å²) < 4.78 is 25.4. The van der Waals surface area contributed by atoms with E-state index in [1.165, 1.54) is 0 Å². The van der Waals surface area contributed by atoms with Gasteiger partial charge in [0, 0.05) is 6.20 Å². The van der Waals surface area contributed by atoms with Crippen LogP contribution in [0.2, 0.25) is 0 Å². The maximum Gasteiger partial charge on any atom is 0.267 e. The van der Waals surface area contributed by atoms with Crippen molar-refractivity contribution >= 4 is 44.2 Å². The molecule has 2 nitrogen and oxygen atoms in total. The predicted molar refractivity (Wildman–Crippen MR) is 54.0 cm³/mol. The molecular weight excluding hydrogens is 345 g/mol. The van der Waals surface area contributed by atoms with Crippen molar-refractivity contribution < 1.29 is 8.78 Å². The maximum absolute atomic E-state index is 12.2. The highest BCUT2D eigenvalue weighted by molar-refractivity contribution is 14.1. The average Bonchev–Trinajstić information content (AvgIpc) is 2.00. The van der Waals surface area contributed by atoms with E-state index in [1.54, 1.807) is 0 Å². The van der Waals surface area contributed by atoms with Crippen LogP contribution in [0.25, 0.3) is 0 Å². The van der Waals surface area contributed by atoms with E-state index in [2.05, 4.69) is 20.9 Å². The lowest BCUT2D eigenvalue weighted by Crippen LogP contribution is -1.99. The lowest BCUT2D eigenvalue weighted by Gasteiger charge is -2.06. The van der Waals surface area contributed by atoms with E-state index in [0.717, 1.165) is 6.20 Å². The maximum atomic E-state index is 12.2. The topological polar surface area (TPSA) is 38.9 Å². The van der Waals surface area contributed by atoms with Crippen LogP contribution in [0.5, 0.6) is 0 Å². The number of aromatic nitrogens is 1. The summed E-state index contributed by atoms with van der Waals surface area (Å²) in [5.41, 5.74) is 5.24. The minimum absolute atomic E-state index is 0.0596. The number of nitrogens with zero attached hydrogens (tertiary/aromatic N) is 1. The Morgan fingerprint density at radius 2 is 2.17 bits per heavy atom. The summed E-state index contributed by atoms with van der Waals surface area (Å²) in [4.78, 5) is 3.74. The zero-order valence-electron chi connectivity index (χ0n) is 5.69. The molecule has 0 aliphatic carbocycles. The monoisotopic (exact) mass is 348 g/mol. The van der Waals surface area contributed by atoms with E-state index in [0.29, 0.717) is 8.17 Å². The summed E-state index contributed by atoms with van der Waals surface area (Å²) in [5.74, 6) is 0. The standard InChI is InChI=1S/C6H4BrF2IN2/c7-3-4(11)2(5(8)9)1-12-6(3)10/h1,5H,(H2,11,12).